The fourth-order valence-corrected chi connectivity index (χ4v) is 3.01. The quantitative estimate of drug-likeness (QED) is 0.606. The molecule has 0 radical (unpaired) electrons. The van der Waals surface area contributed by atoms with Crippen LogP contribution in [0.4, 0.5) is 0 Å². The zero-order valence-corrected chi connectivity index (χ0v) is 16.6. The molecule has 1 aliphatic rings. The van der Waals surface area contributed by atoms with Crippen molar-refractivity contribution in [2.24, 2.45) is 4.99 Å². The second-order valence-corrected chi connectivity index (χ2v) is 6.52. The molecule has 2 rings (SSSR count). The van der Waals surface area contributed by atoms with Crippen molar-refractivity contribution < 1.29 is 10.0 Å². The first-order valence-corrected chi connectivity index (χ1v) is 8.92. The van der Waals surface area contributed by atoms with E-state index in [2.05, 4.69) is 35.4 Å². The summed E-state index contributed by atoms with van der Waals surface area (Å²) in [5.74, 6) is -0.261. The van der Waals surface area contributed by atoms with Gasteiger partial charge in [0.2, 0.25) is 0 Å². The van der Waals surface area contributed by atoms with E-state index in [0.717, 1.165) is 22.3 Å². The van der Waals surface area contributed by atoms with Crippen LogP contribution in [0.15, 0.2) is 70.4 Å². The second kappa shape index (κ2) is 9.14. The van der Waals surface area contributed by atoms with E-state index >= 15 is 0 Å². The first-order valence-electron chi connectivity index (χ1n) is 8.92. The highest BCUT2D eigenvalue weighted by molar-refractivity contribution is 6.15. The van der Waals surface area contributed by atoms with Crippen LogP contribution in [0.2, 0.25) is 0 Å². The molecule has 1 aliphatic heterocycles. The fraction of sp³-hybridized carbons (Fsp3) is 0.273. The van der Waals surface area contributed by atoms with E-state index in [0.29, 0.717) is 17.3 Å². The molecular weight excluding hydrogens is 338 g/mol. The van der Waals surface area contributed by atoms with Gasteiger partial charge in [-0.05, 0) is 44.4 Å². The molecule has 0 unspecified atom stereocenters. The zero-order valence-electron chi connectivity index (χ0n) is 16.6. The Hall–Kier alpha value is -2.92. The average Bonchev–Trinajstić information content (AvgIpc) is 2.66. The molecule has 1 aromatic rings. The highest BCUT2D eigenvalue weighted by atomic mass is 16.5. The minimum atomic E-state index is -0.513. The van der Waals surface area contributed by atoms with Crippen LogP contribution in [0.25, 0.3) is 5.57 Å². The molecule has 1 aromatic carbocycles. The molecule has 0 atom stereocenters. The predicted molar refractivity (Wildman–Crippen MR) is 110 cm³/mol. The molecule has 5 heteroatoms. The number of aliphatic imine (C=N–C) groups is 1. The summed E-state index contributed by atoms with van der Waals surface area (Å²) in [4.78, 5) is 16.2. The Balaban J connectivity index is 2.35. The molecule has 5 nitrogen and oxygen atoms in total. The number of hydroxylamine groups is 2. The maximum absolute atomic E-state index is 12.1. The van der Waals surface area contributed by atoms with Crippen LogP contribution in [0.3, 0.4) is 0 Å². The fourth-order valence-electron chi connectivity index (χ4n) is 3.01. The van der Waals surface area contributed by atoms with Gasteiger partial charge >= 0.3 is 0 Å². The van der Waals surface area contributed by atoms with Crippen LogP contribution in [0.5, 0.6) is 0 Å². The number of carbonyl (C=O) groups excluding carboxylic acids is 1. The third-order valence-electron chi connectivity index (χ3n) is 4.33. The molecule has 0 bridgehead atoms. The minimum absolute atomic E-state index is 0.252. The summed E-state index contributed by atoms with van der Waals surface area (Å²) in [5.41, 5.74) is 5.79. The summed E-state index contributed by atoms with van der Waals surface area (Å²) < 4.78 is 0. The third kappa shape index (κ3) is 4.63. The van der Waals surface area contributed by atoms with Gasteiger partial charge in [0, 0.05) is 25.2 Å². The van der Waals surface area contributed by atoms with E-state index in [9.17, 15) is 10.0 Å². The van der Waals surface area contributed by atoms with Gasteiger partial charge in [-0.1, -0.05) is 48.1 Å². The van der Waals surface area contributed by atoms with Crippen LogP contribution >= 0.6 is 0 Å². The Morgan fingerprint density at radius 1 is 1.26 bits per heavy atom. The van der Waals surface area contributed by atoms with Crippen molar-refractivity contribution in [2.75, 3.05) is 7.05 Å². The predicted octanol–water partition coefficient (Wildman–Crippen LogP) is 4.24. The van der Waals surface area contributed by atoms with E-state index in [-0.39, 0.29) is 5.84 Å². The maximum atomic E-state index is 12.1. The number of carbonyl (C=O) groups is 1. The Bertz CT molecular complexity index is 869. The van der Waals surface area contributed by atoms with Crippen LogP contribution in [-0.2, 0) is 11.3 Å². The monoisotopic (exact) mass is 365 g/mol. The topological polar surface area (TPSA) is 64.9 Å². The molecule has 1 amide bonds. The molecule has 0 saturated carbocycles. The highest BCUT2D eigenvalue weighted by Crippen LogP contribution is 2.24. The van der Waals surface area contributed by atoms with Gasteiger partial charge < -0.3 is 5.32 Å². The number of hydrogen-bond donors (Lipinski definition) is 2. The SMILES string of the molecule is C/C=C\C=C(/C)c1ccccc1CNC1=CC(=O)N(O)C(=NC)C1=C(C)C. The molecule has 0 aliphatic carbocycles. The Labute approximate surface area is 161 Å². The lowest BCUT2D eigenvalue weighted by Gasteiger charge is -2.27. The molecule has 0 spiro atoms. The summed E-state index contributed by atoms with van der Waals surface area (Å²) in [5, 5.41) is 13.9. The van der Waals surface area contributed by atoms with Gasteiger partial charge in [-0.25, -0.2) is 0 Å². The van der Waals surface area contributed by atoms with Crippen molar-refractivity contribution in [1.29, 1.82) is 0 Å². The van der Waals surface area contributed by atoms with Crippen molar-refractivity contribution >= 4 is 17.3 Å². The highest BCUT2D eigenvalue weighted by Gasteiger charge is 2.28. The van der Waals surface area contributed by atoms with Crippen molar-refractivity contribution in [2.45, 2.75) is 34.2 Å². The number of amidine groups is 1. The van der Waals surface area contributed by atoms with Crippen molar-refractivity contribution in [3.8, 4) is 0 Å². The summed E-state index contributed by atoms with van der Waals surface area (Å²) in [6, 6.07) is 8.17. The van der Waals surface area contributed by atoms with Gasteiger partial charge in [0.05, 0.1) is 5.70 Å². The summed E-state index contributed by atoms with van der Waals surface area (Å²) in [7, 11) is 1.56. The molecule has 2 N–H and O–H groups in total. The number of benzene rings is 1. The first kappa shape index (κ1) is 20.4. The number of allylic oxidation sites excluding steroid dienone is 5. The van der Waals surface area contributed by atoms with Crippen molar-refractivity contribution in [1.82, 2.24) is 10.4 Å². The molecule has 142 valence electrons. The number of amides is 1. The molecule has 27 heavy (non-hydrogen) atoms. The van der Waals surface area contributed by atoms with Crippen molar-refractivity contribution in [3.05, 3.63) is 76.5 Å². The second-order valence-electron chi connectivity index (χ2n) is 6.52. The van der Waals surface area contributed by atoms with E-state index in [1.165, 1.54) is 11.6 Å². The van der Waals surface area contributed by atoms with E-state index in [4.69, 9.17) is 0 Å². The third-order valence-corrected chi connectivity index (χ3v) is 4.33. The molecule has 1 heterocycles. The van der Waals surface area contributed by atoms with Gasteiger partial charge in [-0.3, -0.25) is 15.0 Å². The standard InChI is InChI=1S/C22H27N3O2/c1-6-7-10-16(4)18-12-9-8-11-17(18)14-24-19-13-20(26)25(27)22(23-5)21(19)15(2)3/h6-13,24,27H,14H2,1-5H3/b7-6-,16-10+,23-22?. The normalized spacial score (nSPS) is 17.0. The van der Waals surface area contributed by atoms with Gasteiger partial charge in [-0.2, -0.15) is 5.06 Å². The summed E-state index contributed by atoms with van der Waals surface area (Å²) >= 11 is 0. The molecule has 0 saturated heterocycles. The maximum Gasteiger partial charge on any atom is 0.278 e. The van der Waals surface area contributed by atoms with E-state index in [1.54, 1.807) is 7.05 Å². The lowest BCUT2D eigenvalue weighted by atomic mass is 9.98. The van der Waals surface area contributed by atoms with Crippen LogP contribution in [-0.4, -0.2) is 29.1 Å². The van der Waals surface area contributed by atoms with Gasteiger partial charge in [0.1, 0.15) is 0 Å². The minimum Gasteiger partial charge on any atom is -0.380 e. The first-order chi connectivity index (χ1) is 12.9. The van der Waals surface area contributed by atoms with Gasteiger partial charge in [0.25, 0.3) is 5.91 Å². The van der Waals surface area contributed by atoms with Gasteiger partial charge in [-0.15, -0.1) is 0 Å². The van der Waals surface area contributed by atoms with E-state index in [1.807, 2.05) is 45.1 Å². The van der Waals surface area contributed by atoms with Crippen LogP contribution in [0.1, 0.15) is 38.8 Å². The summed E-state index contributed by atoms with van der Waals surface area (Å²) in [6.45, 7) is 8.47. The number of nitrogens with zero attached hydrogens (tertiary/aromatic N) is 2. The van der Waals surface area contributed by atoms with Crippen LogP contribution in [0, 0.1) is 0 Å². The lowest BCUT2D eigenvalue weighted by Crippen LogP contribution is -2.40. The largest absolute Gasteiger partial charge is 0.380 e. The number of nitrogens with one attached hydrogen (secondary N) is 1. The Morgan fingerprint density at radius 2 is 1.96 bits per heavy atom. The number of hydrogen-bond acceptors (Lipinski definition) is 4. The van der Waals surface area contributed by atoms with E-state index < -0.39 is 5.91 Å². The average molecular weight is 365 g/mol. The Kier molecular flexibility index (Phi) is 6.91. The lowest BCUT2D eigenvalue weighted by molar-refractivity contribution is -0.143. The van der Waals surface area contributed by atoms with Crippen molar-refractivity contribution in [3.63, 3.8) is 0 Å². The molecule has 0 fully saturated rings. The summed E-state index contributed by atoms with van der Waals surface area (Å²) in [6.07, 6.45) is 7.50. The van der Waals surface area contributed by atoms with Gasteiger partial charge in [0.15, 0.2) is 5.84 Å². The molecule has 0 aromatic heterocycles. The van der Waals surface area contributed by atoms with Crippen LogP contribution < -0.4 is 5.32 Å². The molecular formula is C22H27N3O2. The number of rotatable bonds is 5. The smallest absolute Gasteiger partial charge is 0.278 e. The zero-order chi connectivity index (χ0) is 20.0. The Morgan fingerprint density at radius 3 is 2.59 bits per heavy atom.